The van der Waals surface area contributed by atoms with Crippen molar-refractivity contribution in [1.29, 1.82) is 0 Å². The standard InChI is InChI=1S/C22H21N3O5/c1-21(2,3)25-18-14(19(26)28-4)15(20(27)29-5)22(30-18)16-12(8-6-10-23-16)13-9-7-11-24-17(13)22/h6-11H,1-5H3. The van der Waals surface area contributed by atoms with Gasteiger partial charge in [-0.1, -0.05) is 12.1 Å². The summed E-state index contributed by atoms with van der Waals surface area (Å²) in [4.78, 5) is 39.5. The lowest BCUT2D eigenvalue weighted by molar-refractivity contribution is -0.139. The molecule has 8 nitrogen and oxygen atoms in total. The number of fused-ring (bicyclic) bond motifs is 5. The number of aromatic nitrogens is 2. The summed E-state index contributed by atoms with van der Waals surface area (Å²) >= 11 is 0. The van der Waals surface area contributed by atoms with Crippen LogP contribution in [0.3, 0.4) is 0 Å². The van der Waals surface area contributed by atoms with Gasteiger partial charge in [-0.05, 0) is 32.9 Å². The number of aliphatic imine (C=N–C) groups is 1. The molecule has 1 spiro atoms. The fraction of sp³-hybridized carbons (Fsp3) is 0.318. The minimum absolute atomic E-state index is 0.00939. The quantitative estimate of drug-likeness (QED) is 0.706. The molecule has 2 aromatic rings. The van der Waals surface area contributed by atoms with E-state index < -0.39 is 23.1 Å². The lowest BCUT2D eigenvalue weighted by Crippen LogP contribution is -2.34. The Hall–Kier alpha value is -3.55. The highest BCUT2D eigenvalue weighted by atomic mass is 16.6. The highest BCUT2D eigenvalue weighted by Crippen LogP contribution is 2.55. The lowest BCUT2D eigenvalue weighted by Gasteiger charge is -2.26. The summed E-state index contributed by atoms with van der Waals surface area (Å²) in [5, 5.41) is 0. The number of ether oxygens (including phenoxy) is 3. The maximum atomic E-state index is 13.1. The van der Waals surface area contributed by atoms with E-state index >= 15 is 0 Å². The summed E-state index contributed by atoms with van der Waals surface area (Å²) in [5.41, 5.74) is 0.102. The van der Waals surface area contributed by atoms with Crippen molar-refractivity contribution < 1.29 is 23.8 Å². The van der Waals surface area contributed by atoms with Crippen LogP contribution in [0.1, 0.15) is 32.2 Å². The maximum absolute atomic E-state index is 13.1. The number of esters is 2. The number of methoxy groups -OCH3 is 2. The Labute approximate surface area is 173 Å². The molecule has 0 aromatic carbocycles. The SMILES string of the molecule is COC(=O)C1=C(C(=O)OC)C2(OC1=NC(C)(C)C)c1ncccc1-c1cccnc12. The van der Waals surface area contributed by atoms with Gasteiger partial charge in [0.05, 0.1) is 19.8 Å². The van der Waals surface area contributed by atoms with Crippen molar-refractivity contribution in [3.05, 3.63) is 59.2 Å². The van der Waals surface area contributed by atoms with Crippen molar-refractivity contribution in [3.63, 3.8) is 0 Å². The van der Waals surface area contributed by atoms with E-state index in [-0.39, 0.29) is 17.0 Å². The molecule has 0 fully saturated rings. The van der Waals surface area contributed by atoms with E-state index in [2.05, 4.69) is 15.0 Å². The Morgan fingerprint density at radius 1 is 0.967 bits per heavy atom. The maximum Gasteiger partial charge on any atom is 0.344 e. The van der Waals surface area contributed by atoms with E-state index in [1.165, 1.54) is 14.2 Å². The van der Waals surface area contributed by atoms with Crippen molar-refractivity contribution in [2.75, 3.05) is 14.2 Å². The number of hydrogen-bond donors (Lipinski definition) is 0. The van der Waals surface area contributed by atoms with Crippen LogP contribution in [0.4, 0.5) is 0 Å². The molecule has 0 radical (unpaired) electrons. The van der Waals surface area contributed by atoms with Gasteiger partial charge >= 0.3 is 11.9 Å². The van der Waals surface area contributed by atoms with Crippen LogP contribution in [0.15, 0.2) is 52.8 Å². The second kappa shape index (κ2) is 6.76. The molecule has 30 heavy (non-hydrogen) atoms. The van der Waals surface area contributed by atoms with Crippen molar-refractivity contribution >= 4 is 17.8 Å². The van der Waals surface area contributed by atoms with Crippen molar-refractivity contribution in [2.24, 2.45) is 4.99 Å². The Balaban J connectivity index is 2.15. The van der Waals surface area contributed by atoms with Gasteiger partial charge in [0.2, 0.25) is 11.5 Å². The molecular formula is C22H21N3O5. The van der Waals surface area contributed by atoms with E-state index in [0.29, 0.717) is 11.4 Å². The summed E-state index contributed by atoms with van der Waals surface area (Å²) in [5.74, 6) is -1.51. The van der Waals surface area contributed by atoms with E-state index in [1.807, 2.05) is 32.9 Å². The zero-order chi connectivity index (χ0) is 21.7. The Bertz CT molecular complexity index is 1080. The molecule has 2 aromatic heterocycles. The molecule has 0 atom stereocenters. The monoisotopic (exact) mass is 407 g/mol. The highest BCUT2D eigenvalue weighted by Gasteiger charge is 2.61. The Morgan fingerprint density at radius 3 is 1.97 bits per heavy atom. The van der Waals surface area contributed by atoms with Crippen LogP contribution in [0.5, 0.6) is 0 Å². The summed E-state index contributed by atoms with van der Waals surface area (Å²) in [6, 6.07) is 7.31. The third-order valence-corrected chi connectivity index (χ3v) is 4.85. The normalized spacial score (nSPS) is 17.6. The Kier molecular flexibility index (Phi) is 4.45. The van der Waals surface area contributed by atoms with Gasteiger partial charge in [-0.2, -0.15) is 0 Å². The first kappa shape index (κ1) is 19.8. The fourth-order valence-corrected chi connectivity index (χ4v) is 3.80. The molecule has 1 aliphatic heterocycles. The molecule has 0 bridgehead atoms. The zero-order valence-electron chi connectivity index (χ0n) is 17.3. The highest BCUT2D eigenvalue weighted by molar-refractivity contribution is 6.24. The molecular weight excluding hydrogens is 386 g/mol. The third kappa shape index (κ3) is 2.71. The number of hydrogen-bond acceptors (Lipinski definition) is 8. The topological polar surface area (TPSA) is 100.0 Å². The van der Waals surface area contributed by atoms with Gasteiger partial charge in [0.25, 0.3) is 0 Å². The minimum atomic E-state index is -1.56. The summed E-state index contributed by atoms with van der Waals surface area (Å²) in [6.45, 7) is 5.57. The Morgan fingerprint density at radius 2 is 1.50 bits per heavy atom. The van der Waals surface area contributed by atoms with Crippen molar-refractivity contribution in [3.8, 4) is 11.1 Å². The van der Waals surface area contributed by atoms with Crippen LogP contribution in [-0.2, 0) is 29.4 Å². The van der Waals surface area contributed by atoms with Gasteiger partial charge in [-0.15, -0.1) is 0 Å². The van der Waals surface area contributed by atoms with Crippen molar-refractivity contribution in [1.82, 2.24) is 9.97 Å². The van der Waals surface area contributed by atoms with Crippen LogP contribution >= 0.6 is 0 Å². The van der Waals surface area contributed by atoms with Crippen LogP contribution < -0.4 is 0 Å². The van der Waals surface area contributed by atoms with E-state index in [1.54, 1.807) is 24.5 Å². The molecule has 4 rings (SSSR count). The predicted molar refractivity (Wildman–Crippen MR) is 108 cm³/mol. The van der Waals surface area contributed by atoms with Crippen LogP contribution in [0, 0.1) is 0 Å². The summed E-state index contributed by atoms with van der Waals surface area (Å²) in [6.07, 6.45) is 3.20. The molecule has 0 saturated carbocycles. The van der Waals surface area contributed by atoms with E-state index in [4.69, 9.17) is 14.2 Å². The molecule has 0 amide bonds. The van der Waals surface area contributed by atoms with Gasteiger partial charge in [0.1, 0.15) is 22.5 Å². The average Bonchev–Trinajstić information content (AvgIpc) is 3.20. The van der Waals surface area contributed by atoms with Crippen LogP contribution in [0.2, 0.25) is 0 Å². The summed E-state index contributed by atoms with van der Waals surface area (Å²) in [7, 11) is 2.47. The second-order valence-electron chi connectivity index (χ2n) is 7.90. The van der Waals surface area contributed by atoms with Gasteiger partial charge < -0.3 is 14.2 Å². The molecule has 0 N–H and O–H groups in total. The minimum Gasteiger partial charge on any atom is -0.466 e. The number of carbonyl (C=O) groups is 2. The molecule has 1 aliphatic carbocycles. The number of pyridine rings is 2. The van der Waals surface area contributed by atoms with Crippen molar-refractivity contribution in [2.45, 2.75) is 31.9 Å². The molecule has 2 aliphatic rings. The number of rotatable bonds is 2. The molecule has 0 unspecified atom stereocenters. The third-order valence-electron chi connectivity index (χ3n) is 4.85. The smallest absolute Gasteiger partial charge is 0.344 e. The van der Waals surface area contributed by atoms with Gasteiger partial charge in [0.15, 0.2) is 0 Å². The first-order chi connectivity index (χ1) is 14.2. The predicted octanol–water partition coefficient (Wildman–Crippen LogP) is 2.57. The average molecular weight is 407 g/mol. The van der Waals surface area contributed by atoms with E-state index in [0.717, 1.165) is 11.1 Å². The van der Waals surface area contributed by atoms with Crippen LogP contribution in [-0.4, -0.2) is 47.6 Å². The second-order valence-corrected chi connectivity index (χ2v) is 7.90. The first-order valence-electron chi connectivity index (χ1n) is 9.36. The largest absolute Gasteiger partial charge is 0.466 e. The fourth-order valence-electron chi connectivity index (χ4n) is 3.80. The van der Waals surface area contributed by atoms with Gasteiger partial charge in [0, 0.05) is 23.5 Å². The molecule has 3 heterocycles. The molecule has 0 saturated heterocycles. The van der Waals surface area contributed by atoms with Gasteiger partial charge in [-0.25, -0.2) is 14.6 Å². The molecule has 154 valence electrons. The first-order valence-corrected chi connectivity index (χ1v) is 9.36. The van der Waals surface area contributed by atoms with Gasteiger partial charge in [-0.3, -0.25) is 9.97 Å². The zero-order valence-corrected chi connectivity index (χ0v) is 17.3. The number of nitrogens with zero attached hydrogens (tertiary/aromatic N) is 3. The van der Waals surface area contributed by atoms with E-state index in [9.17, 15) is 9.59 Å². The molecule has 8 heteroatoms. The van der Waals surface area contributed by atoms with Crippen LogP contribution in [0.25, 0.3) is 11.1 Å². The summed E-state index contributed by atoms with van der Waals surface area (Å²) < 4.78 is 16.4. The lowest BCUT2D eigenvalue weighted by atomic mass is 9.88. The number of carbonyl (C=O) groups excluding carboxylic acids is 2.